The number of anilines is 1. The number of nitrogen functional groups attached to an aromatic ring is 1. The highest BCUT2D eigenvalue weighted by atomic mass is 35.5. The third-order valence-corrected chi connectivity index (χ3v) is 3.65. The van der Waals surface area contributed by atoms with Gasteiger partial charge in [0.25, 0.3) is 5.91 Å². The lowest BCUT2D eigenvalue weighted by Crippen LogP contribution is -2.26. The van der Waals surface area contributed by atoms with Crippen LogP contribution in [0.5, 0.6) is 0 Å². The van der Waals surface area contributed by atoms with Crippen LogP contribution in [0.15, 0.2) is 24.3 Å². The van der Waals surface area contributed by atoms with Gasteiger partial charge >= 0.3 is 0 Å². The van der Waals surface area contributed by atoms with E-state index in [1.165, 1.54) is 0 Å². The Labute approximate surface area is 138 Å². The molecule has 1 amide bonds. The highest BCUT2D eigenvalue weighted by Gasteiger charge is 2.13. The molecule has 1 fully saturated rings. The number of rotatable bonds is 7. The summed E-state index contributed by atoms with van der Waals surface area (Å²) in [6.07, 6.45) is 2.98. The highest BCUT2D eigenvalue weighted by molar-refractivity contribution is 5.98. The van der Waals surface area contributed by atoms with Crippen molar-refractivity contribution in [3.8, 4) is 0 Å². The van der Waals surface area contributed by atoms with Crippen LogP contribution in [0, 0.1) is 5.92 Å². The zero-order valence-corrected chi connectivity index (χ0v) is 13.6. The molecule has 0 radical (unpaired) electrons. The summed E-state index contributed by atoms with van der Waals surface area (Å²) in [6.45, 7) is 3.76. The minimum Gasteiger partial charge on any atom is -0.398 e. The zero-order chi connectivity index (χ0) is 14.9. The summed E-state index contributed by atoms with van der Waals surface area (Å²) in [5.74, 6) is 0.495. The molecule has 1 aromatic carbocycles. The summed E-state index contributed by atoms with van der Waals surface area (Å²) in [6, 6.07) is 7.08. The van der Waals surface area contributed by atoms with Crippen LogP contribution in [0.1, 0.15) is 29.6 Å². The van der Waals surface area contributed by atoms with E-state index in [2.05, 4.69) is 5.32 Å². The van der Waals surface area contributed by atoms with Crippen LogP contribution in [0.4, 0.5) is 5.69 Å². The van der Waals surface area contributed by atoms with Crippen molar-refractivity contribution in [2.45, 2.75) is 19.3 Å². The van der Waals surface area contributed by atoms with Crippen molar-refractivity contribution in [1.82, 2.24) is 5.32 Å². The summed E-state index contributed by atoms with van der Waals surface area (Å²) in [5, 5.41) is 2.86. The molecule has 22 heavy (non-hydrogen) atoms. The molecular formula is C16H25ClN2O3. The number of hydrogen-bond acceptors (Lipinski definition) is 4. The number of halogens is 1. The van der Waals surface area contributed by atoms with E-state index in [1.54, 1.807) is 12.1 Å². The summed E-state index contributed by atoms with van der Waals surface area (Å²) < 4.78 is 11.0. The van der Waals surface area contributed by atoms with E-state index in [0.29, 0.717) is 30.3 Å². The molecule has 5 nitrogen and oxygen atoms in total. The van der Waals surface area contributed by atoms with E-state index < -0.39 is 0 Å². The number of nitrogens with two attached hydrogens (primary N) is 1. The Kier molecular flexibility index (Phi) is 8.89. The molecule has 2 rings (SSSR count). The summed E-state index contributed by atoms with van der Waals surface area (Å²) >= 11 is 0. The normalized spacial score (nSPS) is 15.1. The third kappa shape index (κ3) is 6.22. The molecule has 0 unspecified atom stereocenters. The van der Waals surface area contributed by atoms with Crippen LogP contribution in [-0.4, -0.2) is 38.9 Å². The van der Waals surface area contributed by atoms with E-state index in [9.17, 15) is 4.79 Å². The van der Waals surface area contributed by atoms with Gasteiger partial charge in [-0.25, -0.2) is 0 Å². The van der Waals surface area contributed by atoms with Gasteiger partial charge in [-0.2, -0.15) is 0 Å². The Balaban J connectivity index is 0.00000242. The lowest BCUT2D eigenvalue weighted by atomic mass is 10.0. The largest absolute Gasteiger partial charge is 0.398 e. The average Bonchev–Trinajstić information content (AvgIpc) is 2.52. The standard InChI is InChI=1S/C16H24N2O3.ClH/c17-15-5-2-1-4-14(15)16(19)18-8-3-9-21-12-13-6-10-20-11-7-13;/h1-2,4-5,13H,3,6-12,17H2,(H,18,19);1H. The van der Waals surface area contributed by atoms with Crippen LogP contribution >= 0.6 is 12.4 Å². The topological polar surface area (TPSA) is 73.6 Å². The van der Waals surface area contributed by atoms with E-state index in [1.807, 2.05) is 12.1 Å². The Morgan fingerprint density at radius 1 is 1.32 bits per heavy atom. The van der Waals surface area contributed by atoms with Gasteiger partial charge in [-0.3, -0.25) is 4.79 Å². The Morgan fingerprint density at radius 3 is 2.77 bits per heavy atom. The fraction of sp³-hybridized carbons (Fsp3) is 0.562. The molecule has 0 saturated carbocycles. The van der Waals surface area contributed by atoms with Crippen LogP contribution in [-0.2, 0) is 9.47 Å². The van der Waals surface area contributed by atoms with Crippen molar-refractivity contribution in [3.63, 3.8) is 0 Å². The van der Waals surface area contributed by atoms with Crippen LogP contribution in [0.25, 0.3) is 0 Å². The second kappa shape index (κ2) is 10.4. The first-order valence-corrected chi connectivity index (χ1v) is 7.55. The van der Waals surface area contributed by atoms with Gasteiger partial charge in [0, 0.05) is 38.7 Å². The number of carbonyl (C=O) groups is 1. The molecule has 6 heteroatoms. The van der Waals surface area contributed by atoms with Crippen molar-refractivity contribution in [2.24, 2.45) is 5.92 Å². The van der Waals surface area contributed by atoms with Crippen LogP contribution in [0.2, 0.25) is 0 Å². The number of nitrogens with one attached hydrogen (secondary N) is 1. The first-order chi connectivity index (χ1) is 10.3. The predicted octanol–water partition coefficient (Wildman–Crippen LogP) is 2.25. The summed E-state index contributed by atoms with van der Waals surface area (Å²) in [4.78, 5) is 11.9. The van der Waals surface area contributed by atoms with Gasteiger partial charge in [-0.05, 0) is 37.3 Å². The van der Waals surface area contributed by atoms with Crippen molar-refractivity contribution in [3.05, 3.63) is 29.8 Å². The molecule has 1 aliphatic rings. The van der Waals surface area contributed by atoms with E-state index in [-0.39, 0.29) is 18.3 Å². The van der Waals surface area contributed by atoms with Gasteiger partial charge in [-0.1, -0.05) is 12.1 Å². The fourth-order valence-electron chi connectivity index (χ4n) is 2.34. The molecular weight excluding hydrogens is 304 g/mol. The minimum atomic E-state index is -0.127. The molecule has 0 atom stereocenters. The Morgan fingerprint density at radius 2 is 2.05 bits per heavy atom. The molecule has 1 heterocycles. The molecule has 124 valence electrons. The maximum Gasteiger partial charge on any atom is 0.253 e. The lowest BCUT2D eigenvalue weighted by Gasteiger charge is -2.21. The molecule has 0 spiro atoms. The molecule has 3 N–H and O–H groups in total. The van der Waals surface area contributed by atoms with Gasteiger partial charge in [0.05, 0.1) is 5.56 Å². The van der Waals surface area contributed by atoms with E-state index in [0.717, 1.165) is 39.1 Å². The first kappa shape index (κ1) is 18.7. The molecule has 1 saturated heterocycles. The Hall–Kier alpha value is -1.30. The molecule has 1 aromatic rings. The van der Waals surface area contributed by atoms with Gasteiger partial charge in [0.1, 0.15) is 0 Å². The molecule has 0 aliphatic carbocycles. The number of amides is 1. The maximum absolute atomic E-state index is 11.9. The van der Waals surface area contributed by atoms with Crippen molar-refractivity contribution in [1.29, 1.82) is 0 Å². The van der Waals surface area contributed by atoms with Crippen molar-refractivity contribution < 1.29 is 14.3 Å². The summed E-state index contributed by atoms with van der Waals surface area (Å²) in [5.41, 5.74) is 6.79. The van der Waals surface area contributed by atoms with Crippen LogP contribution in [0.3, 0.4) is 0 Å². The fourth-order valence-corrected chi connectivity index (χ4v) is 2.34. The number of carbonyl (C=O) groups excluding carboxylic acids is 1. The van der Waals surface area contributed by atoms with E-state index >= 15 is 0 Å². The van der Waals surface area contributed by atoms with Gasteiger partial charge in [0.15, 0.2) is 0 Å². The van der Waals surface area contributed by atoms with Gasteiger partial charge < -0.3 is 20.5 Å². The number of para-hydroxylation sites is 1. The van der Waals surface area contributed by atoms with Gasteiger partial charge in [0.2, 0.25) is 0 Å². The predicted molar refractivity (Wildman–Crippen MR) is 89.4 cm³/mol. The molecule has 0 aromatic heterocycles. The van der Waals surface area contributed by atoms with Crippen molar-refractivity contribution in [2.75, 3.05) is 38.7 Å². The monoisotopic (exact) mass is 328 g/mol. The van der Waals surface area contributed by atoms with Gasteiger partial charge in [-0.15, -0.1) is 12.4 Å². The highest BCUT2D eigenvalue weighted by Crippen LogP contribution is 2.14. The number of hydrogen-bond donors (Lipinski definition) is 2. The number of benzene rings is 1. The quantitative estimate of drug-likeness (QED) is 0.595. The average molecular weight is 329 g/mol. The SMILES string of the molecule is Cl.Nc1ccccc1C(=O)NCCCOCC1CCOCC1. The zero-order valence-electron chi connectivity index (χ0n) is 12.8. The minimum absolute atomic E-state index is 0. The smallest absolute Gasteiger partial charge is 0.253 e. The lowest BCUT2D eigenvalue weighted by molar-refractivity contribution is 0.0202. The maximum atomic E-state index is 11.9. The Bertz CT molecular complexity index is 451. The van der Waals surface area contributed by atoms with Crippen LogP contribution < -0.4 is 11.1 Å². The second-order valence-electron chi connectivity index (χ2n) is 5.33. The molecule has 1 aliphatic heterocycles. The van der Waals surface area contributed by atoms with E-state index in [4.69, 9.17) is 15.2 Å². The number of ether oxygens (including phenoxy) is 2. The summed E-state index contributed by atoms with van der Waals surface area (Å²) in [7, 11) is 0. The second-order valence-corrected chi connectivity index (χ2v) is 5.33. The molecule has 0 bridgehead atoms. The first-order valence-electron chi connectivity index (χ1n) is 7.55. The van der Waals surface area contributed by atoms with Crippen molar-refractivity contribution >= 4 is 24.0 Å². The third-order valence-electron chi connectivity index (χ3n) is 3.65.